The van der Waals surface area contributed by atoms with E-state index in [0.717, 1.165) is 34.4 Å². The van der Waals surface area contributed by atoms with E-state index in [2.05, 4.69) is 38.1 Å². The molecule has 0 bridgehead atoms. The van der Waals surface area contributed by atoms with E-state index in [1.807, 2.05) is 24.3 Å². The van der Waals surface area contributed by atoms with Crippen LogP contribution in [0.1, 0.15) is 18.2 Å². The van der Waals surface area contributed by atoms with Crippen molar-refractivity contribution in [2.45, 2.75) is 20.3 Å². The number of nitrogens with zero attached hydrogens (tertiary/aromatic N) is 2. The first kappa shape index (κ1) is 11.8. The number of rotatable bonds is 2. The van der Waals surface area contributed by atoms with E-state index in [1.54, 1.807) is 0 Å². The monoisotopic (exact) mass is 248 g/mol. The highest BCUT2D eigenvalue weighted by molar-refractivity contribution is 5.79. The van der Waals surface area contributed by atoms with E-state index in [9.17, 15) is 0 Å². The molecule has 3 aromatic rings. The van der Waals surface area contributed by atoms with Crippen molar-refractivity contribution in [3.8, 4) is 11.3 Å². The molecule has 0 saturated carbocycles. The maximum atomic E-state index is 4.81. The van der Waals surface area contributed by atoms with E-state index < -0.39 is 0 Å². The molecule has 19 heavy (non-hydrogen) atoms. The van der Waals surface area contributed by atoms with Gasteiger partial charge in [0, 0.05) is 5.56 Å². The van der Waals surface area contributed by atoms with Gasteiger partial charge in [-0.3, -0.25) is 0 Å². The summed E-state index contributed by atoms with van der Waals surface area (Å²) >= 11 is 0. The lowest BCUT2D eigenvalue weighted by molar-refractivity contribution is 1.04. The first-order valence-electron chi connectivity index (χ1n) is 6.60. The van der Waals surface area contributed by atoms with Crippen molar-refractivity contribution in [1.29, 1.82) is 0 Å². The molecule has 3 rings (SSSR count). The number of hydrogen-bond donors (Lipinski definition) is 0. The second-order valence-corrected chi connectivity index (χ2v) is 4.73. The zero-order chi connectivity index (χ0) is 13.2. The van der Waals surface area contributed by atoms with Crippen LogP contribution in [0.2, 0.25) is 0 Å². The Kier molecular flexibility index (Phi) is 3.00. The fraction of sp³-hybridized carbons (Fsp3) is 0.176. The Morgan fingerprint density at radius 2 is 1.68 bits per heavy atom. The first-order valence-corrected chi connectivity index (χ1v) is 6.60. The highest BCUT2D eigenvalue weighted by Crippen LogP contribution is 2.23. The second kappa shape index (κ2) is 4.81. The summed E-state index contributed by atoms with van der Waals surface area (Å²) in [5, 5.41) is 0. The molecule has 2 aromatic carbocycles. The van der Waals surface area contributed by atoms with Gasteiger partial charge in [0.05, 0.1) is 22.4 Å². The van der Waals surface area contributed by atoms with Crippen LogP contribution in [0.5, 0.6) is 0 Å². The van der Waals surface area contributed by atoms with Crippen LogP contribution in [0.25, 0.3) is 22.3 Å². The van der Waals surface area contributed by atoms with Crippen LogP contribution in [0.15, 0.2) is 48.5 Å². The average Bonchev–Trinajstić information content (AvgIpc) is 2.46. The fourth-order valence-electron chi connectivity index (χ4n) is 2.27. The van der Waals surface area contributed by atoms with Crippen LogP contribution in [0.4, 0.5) is 0 Å². The van der Waals surface area contributed by atoms with Crippen molar-refractivity contribution in [2.24, 2.45) is 0 Å². The van der Waals surface area contributed by atoms with Gasteiger partial charge in [0.25, 0.3) is 0 Å². The van der Waals surface area contributed by atoms with E-state index in [4.69, 9.17) is 9.97 Å². The van der Waals surface area contributed by atoms with Crippen LogP contribution in [0, 0.1) is 6.92 Å². The normalized spacial score (nSPS) is 10.8. The molecule has 0 aliphatic carbocycles. The molecule has 0 aliphatic heterocycles. The molecular weight excluding hydrogens is 232 g/mol. The largest absolute Gasteiger partial charge is 0.249 e. The third kappa shape index (κ3) is 2.22. The number of benzene rings is 2. The van der Waals surface area contributed by atoms with Gasteiger partial charge in [0.2, 0.25) is 0 Å². The summed E-state index contributed by atoms with van der Waals surface area (Å²) in [4.78, 5) is 9.56. The second-order valence-electron chi connectivity index (χ2n) is 4.73. The molecule has 1 heterocycles. The molecule has 2 nitrogen and oxygen atoms in total. The molecule has 0 saturated heterocycles. The van der Waals surface area contributed by atoms with E-state index in [0.29, 0.717) is 0 Å². The molecule has 0 amide bonds. The Labute approximate surface area is 113 Å². The number of aryl methyl sites for hydroxylation is 2. The summed E-state index contributed by atoms with van der Waals surface area (Å²) in [5.41, 5.74) is 6.35. The predicted molar refractivity (Wildman–Crippen MR) is 79.1 cm³/mol. The van der Waals surface area contributed by atoms with Crippen LogP contribution in [-0.2, 0) is 6.42 Å². The lowest BCUT2D eigenvalue weighted by atomic mass is 10.1. The van der Waals surface area contributed by atoms with Crippen molar-refractivity contribution in [3.05, 3.63) is 59.8 Å². The Hall–Kier alpha value is -2.22. The molecule has 0 spiro atoms. The van der Waals surface area contributed by atoms with Crippen LogP contribution < -0.4 is 0 Å². The van der Waals surface area contributed by atoms with Gasteiger partial charge in [-0.2, -0.15) is 0 Å². The zero-order valence-corrected chi connectivity index (χ0v) is 11.2. The minimum atomic E-state index is 0.890. The predicted octanol–water partition coefficient (Wildman–Crippen LogP) is 4.17. The quantitative estimate of drug-likeness (QED) is 0.680. The van der Waals surface area contributed by atoms with Gasteiger partial charge in [0.1, 0.15) is 0 Å². The molecule has 0 radical (unpaired) electrons. The molecule has 0 aliphatic rings. The molecular formula is C17H16N2. The minimum absolute atomic E-state index is 0.890. The molecule has 94 valence electrons. The van der Waals surface area contributed by atoms with E-state index in [1.165, 1.54) is 5.56 Å². The molecule has 0 N–H and O–H groups in total. The van der Waals surface area contributed by atoms with Gasteiger partial charge in [-0.15, -0.1) is 0 Å². The topological polar surface area (TPSA) is 25.8 Å². The van der Waals surface area contributed by atoms with Gasteiger partial charge in [0.15, 0.2) is 0 Å². The van der Waals surface area contributed by atoms with Gasteiger partial charge in [-0.05, 0) is 31.0 Å². The summed E-state index contributed by atoms with van der Waals surface area (Å²) in [6.07, 6.45) is 0.890. The molecule has 0 atom stereocenters. The molecule has 0 fully saturated rings. The van der Waals surface area contributed by atoms with E-state index >= 15 is 0 Å². The third-order valence-corrected chi connectivity index (χ3v) is 3.27. The standard InChI is InChI=1S/C17H16N2/c1-3-14-17(13-7-5-4-6-8-13)19-16-11-12(2)9-10-15(16)18-14/h4-11H,3H2,1-2H3. The summed E-state index contributed by atoms with van der Waals surface area (Å²) in [6.45, 7) is 4.20. The summed E-state index contributed by atoms with van der Waals surface area (Å²) in [5.74, 6) is 0. The van der Waals surface area contributed by atoms with Gasteiger partial charge < -0.3 is 0 Å². The first-order chi connectivity index (χ1) is 9.28. The highest BCUT2D eigenvalue weighted by Gasteiger charge is 2.09. The van der Waals surface area contributed by atoms with Crippen LogP contribution in [0.3, 0.4) is 0 Å². The van der Waals surface area contributed by atoms with Gasteiger partial charge >= 0.3 is 0 Å². The smallest absolute Gasteiger partial charge is 0.0925 e. The van der Waals surface area contributed by atoms with Crippen molar-refractivity contribution >= 4 is 11.0 Å². The maximum absolute atomic E-state index is 4.81. The van der Waals surface area contributed by atoms with E-state index in [-0.39, 0.29) is 0 Å². The molecule has 1 aromatic heterocycles. The number of aromatic nitrogens is 2. The van der Waals surface area contributed by atoms with Crippen molar-refractivity contribution in [3.63, 3.8) is 0 Å². The lowest BCUT2D eigenvalue weighted by Crippen LogP contribution is -1.97. The third-order valence-electron chi connectivity index (χ3n) is 3.27. The summed E-state index contributed by atoms with van der Waals surface area (Å²) in [7, 11) is 0. The van der Waals surface area contributed by atoms with Gasteiger partial charge in [-0.25, -0.2) is 9.97 Å². The van der Waals surface area contributed by atoms with Crippen LogP contribution in [-0.4, -0.2) is 9.97 Å². The zero-order valence-electron chi connectivity index (χ0n) is 11.2. The maximum Gasteiger partial charge on any atom is 0.0925 e. The number of hydrogen-bond acceptors (Lipinski definition) is 2. The van der Waals surface area contributed by atoms with Gasteiger partial charge in [-0.1, -0.05) is 43.3 Å². The molecule has 2 heteroatoms. The van der Waals surface area contributed by atoms with Crippen molar-refractivity contribution in [1.82, 2.24) is 9.97 Å². The Bertz CT molecular complexity index is 718. The van der Waals surface area contributed by atoms with Crippen LogP contribution >= 0.6 is 0 Å². The lowest BCUT2D eigenvalue weighted by Gasteiger charge is -2.09. The summed E-state index contributed by atoms with van der Waals surface area (Å²) in [6, 6.07) is 16.5. The SMILES string of the molecule is CCc1nc2ccc(C)cc2nc1-c1ccccc1. The van der Waals surface area contributed by atoms with Crippen molar-refractivity contribution in [2.75, 3.05) is 0 Å². The Morgan fingerprint density at radius 1 is 0.895 bits per heavy atom. The average molecular weight is 248 g/mol. The number of fused-ring (bicyclic) bond motifs is 1. The highest BCUT2D eigenvalue weighted by atomic mass is 14.8. The minimum Gasteiger partial charge on any atom is -0.249 e. The Morgan fingerprint density at radius 3 is 2.42 bits per heavy atom. The van der Waals surface area contributed by atoms with Crippen molar-refractivity contribution < 1.29 is 0 Å². The fourth-order valence-corrected chi connectivity index (χ4v) is 2.27. The Balaban J connectivity index is 2.28. The molecule has 0 unspecified atom stereocenters. The summed E-state index contributed by atoms with van der Waals surface area (Å²) < 4.78 is 0.